The predicted octanol–water partition coefficient (Wildman–Crippen LogP) is 4.36. The standard InChI is InChI=1S/C16H21IN2OS/c1-11-14(17)4-3-12-9-13(5-6-16(11,12)2)20-15(21)19-8-7-18-10-19/h3,7-8,10-11,13-14H,4-6,9H2,1-2H3/t11?,13-,14?,16+/m0/s1. The van der Waals surface area contributed by atoms with E-state index in [2.05, 4.69) is 47.5 Å². The molecule has 114 valence electrons. The van der Waals surface area contributed by atoms with Crippen LogP contribution < -0.4 is 0 Å². The Morgan fingerprint density at radius 3 is 3.10 bits per heavy atom. The molecular weight excluding hydrogens is 395 g/mol. The zero-order valence-electron chi connectivity index (χ0n) is 12.5. The van der Waals surface area contributed by atoms with Gasteiger partial charge in [-0.25, -0.2) is 4.98 Å². The van der Waals surface area contributed by atoms with Crippen LogP contribution in [0.1, 0.15) is 39.5 Å². The van der Waals surface area contributed by atoms with Crippen LogP contribution in [-0.4, -0.2) is 24.8 Å². The molecule has 3 rings (SSSR count). The average molecular weight is 416 g/mol. The Labute approximate surface area is 145 Å². The van der Waals surface area contributed by atoms with Gasteiger partial charge in [-0.2, -0.15) is 0 Å². The van der Waals surface area contributed by atoms with E-state index in [0.717, 1.165) is 22.7 Å². The number of rotatable bonds is 1. The van der Waals surface area contributed by atoms with Crippen molar-refractivity contribution in [1.29, 1.82) is 0 Å². The number of aromatic nitrogens is 2. The monoisotopic (exact) mass is 416 g/mol. The normalized spacial score (nSPS) is 35.8. The number of allylic oxidation sites excluding steroid dienone is 1. The highest BCUT2D eigenvalue weighted by Gasteiger charge is 2.44. The Hall–Kier alpha value is -0.430. The molecule has 0 saturated heterocycles. The summed E-state index contributed by atoms with van der Waals surface area (Å²) in [5.41, 5.74) is 1.92. The second kappa shape index (κ2) is 5.99. The van der Waals surface area contributed by atoms with Gasteiger partial charge in [0.1, 0.15) is 12.4 Å². The van der Waals surface area contributed by atoms with Crippen molar-refractivity contribution in [2.75, 3.05) is 0 Å². The van der Waals surface area contributed by atoms with Gasteiger partial charge in [0.25, 0.3) is 5.17 Å². The van der Waals surface area contributed by atoms with Gasteiger partial charge in [0.05, 0.1) is 0 Å². The number of nitrogens with zero attached hydrogens (tertiary/aromatic N) is 2. The molecule has 0 amide bonds. The maximum atomic E-state index is 6.00. The van der Waals surface area contributed by atoms with E-state index in [1.165, 1.54) is 12.8 Å². The fourth-order valence-electron chi connectivity index (χ4n) is 3.57. The van der Waals surface area contributed by atoms with E-state index < -0.39 is 0 Å². The number of halogens is 1. The van der Waals surface area contributed by atoms with Gasteiger partial charge in [-0.3, -0.25) is 4.57 Å². The summed E-state index contributed by atoms with van der Waals surface area (Å²) in [7, 11) is 0. The first-order valence-corrected chi connectivity index (χ1v) is 9.18. The van der Waals surface area contributed by atoms with Crippen molar-refractivity contribution in [3.8, 4) is 0 Å². The van der Waals surface area contributed by atoms with Gasteiger partial charge < -0.3 is 4.74 Å². The first-order valence-electron chi connectivity index (χ1n) is 7.53. The summed E-state index contributed by atoms with van der Waals surface area (Å²) >= 11 is 7.96. The molecule has 4 atom stereocenters. The molecular formula is C16H21IN2OS. The number of hydrogen-bond acceptors (Lipinski definition) is 3. The van der Waals surface area contributed by atoms with Crippen LogP contribution in [-0.2, 0) is 4.74 Å². The van der Waals surface area contributed by atoms with Crippen molar-refractivity contribution in [3.63, 3.8) is 0 Å². The zero-order chi connectivity index (χ0) is 15.0. The first-order chi connectivity index (χ1) is 10.0. The lowest BCUT2D eigenvalue weighted by atomic mass is 9.60. The number of fused-ring (bicyclic) bond motifs is 1. The third-order valence-electron chi connectivity index (χ3n) is 5.29. The summed E-state index contributed by atoms with van der Waals surface area (Å²) < 4.78 is 8.52. The third-order valence-corrected chi connectivity index (χ3v) is 7.18. The Bertz CT molecular complexity index is 557. The van der Waals surface area contributed by atoms with Crippen LogP contribution in [0.5, 0.6) is 0 Å². The summed E-state index contributed by atoms with van der Waals surface area (Å²) in [5.74, 6) is 0.736. The SMILES string of the molecule is CC1C(I)CC=C2C[C@@H](OC(=S)n3ccnc3)CC[C@@]21C. The van der Waals surface area contributed by atoms with Gasteiger partial charge in [-0.1, -0.05) is 48.1 Å². The minimum atomic E-state index is 0.206. The Morgan fingerprint density at radius 1 is 1.57 bits per heavy atom. The van der Waals surface area contributed by atoms with E-state index in [1.807, 2.05) is 6.20 Å². The summed E-state index contributed by atoms with van der Waals surface area (Å²) in [6.07, 6.45) is 12.4. The first kappa shape index (κ1) is 15.5. The van der Waals surface area contributed by atoms with Crippen molar-refractivity contribution >= 4 is 40.0 Å². The number of alkyl halides is 1. The number of hydrogen-bond donors (Lipinski definition) is 0. The highest BCUT2D eigenvalue weighted by atomic mass is 127. The van der Waals surface area contributed by atoms with Gasteiger partial charge in [0.15, 0.2) is 0 Å². The molecule has 1 fully saturated rings. The van der Waals surface area contributed by atoms with E-state index >= 15 is 0 Å². The van der Waals surface area contributed by atoms with E-state index in [0.29, 0.717) is 10.6 Å². The Balaban J connectivity index is 1.69. The smallest absolute Gasteiger partial charge is 0.269 e. The van der Waals surface area contributed by atoms with Crippen molar-refractivity contribution in [1.82, 2.24) is 9.55 Å². The van der Waals surface area contributed by atoms with Crippen LogP contribution in [0.3, 0.4) is 0 Å². The molecule has 0 spiro atoms. The molecule has 3 nitrogen and oxygen atoms in total. The molecule has 0 aliphatic heterocycles. The van der Waals surface area contributed by atoms with Crippen LogP contribution in [0.4, 0.5) is 0 Å². The molecule has 0 aromatic carbocycles. The van der Waals surface area contributed by atoms with Crippen LogP contribution >= 0.6 is 34.8 Å². The third kappa shape index (κ3) is 2.91. The predicted molar refractivity (Wildman–Crippen MR) is 96.7 cm³/mol. The van der Waals surface area contributed by atoms with Crippen LogP contribution in [0.15, 0.2) is 30.4 Å². The van der Waals surface area contributed by atoms with E-state index in [9.17, 15) is 0 Å². The molecule has 1 saturated carbocycles. The number of imidazole rings is 1. The second-order valence-corrected chi connectivity index (χ2v) is 8.35. The molecule has 0 radical (unpaired) electrons. The van der Waals surface area contributed by atoms with Crippen LogP contribution in [0.25, 0.3) is 0 Å². The van der Waals surface area contributed by atoms with Gasteiger partial charge in [0, 0.05) is 22.7 Å². The zero-order valence-corrected chi connectivity index (χ0v) is 15.4. The van der Waals surface area contributed by atoms with Crippen molar-refractivity contribution in [3.05, 3.63) is 30.4 Å². The van der Waals surface area contributed by atoms with E-state index in [1.54, 1.807) is 22.7 Å². The van der Waals surface area contributed by atoms with Crippen LogP contribution in [0.2, 0.25) is 0 Å². The summed E-state index contributed by atoms with van der Waals surface area (Å²) in [5, 5.41) is 0.511. The van der Waals surface area contributed by atoms with Gasteiger partial charge in [-0.05, 0) is 42.8 Å². The summed E-state index contributed by atoms with van der Waals surface area (Å²) in [6, 6.07) is 0. The van der Waals surface area contributed by atoms with E-state index in [-0.39, 0.29) is 6.10 Å². The van der Waals surface area contributed by atoms with E-state index in [4.69, 9.17) is 17.0 Å². The molecule has 1 heterocycles. The fraction of sp³-hybridized carbons (Fsp3) is 0.625. The lowest BCUT2D eigenvalue weighted by Gasteiger charge is -2.48. The molecule has 2 unspecified atom stereocenters. The Morgan fingerprint density at radius 2 is 2.38 bits per heavy atom. The lowest BCUT2D eigenvalue weighted by molar-refractivity contribution is 0.0908. The Kier molecular flexibility index (Phi) is 4.41. The number of thiocarbonyl (C=S) groups is 1. The summed E-state index contributed by atoms with van der Waals surface area (Å²) in [6.45, 7) is 4.83. The lowest BCUT2D eigenvalue weighted by Crippen LogP contribution is -2.42. The molecule has 21 heavy (non-hydrogen) atoms. The molecule has 2 aliphatic carbocycles. The van der Waals surface area contributed by atoms with Crippen molar-refractivity contribution < 1.29 is 4.74 Å². The average Bonchev–Trinajstić information content (AvgIpc) is 2.99. The molecule has 5 heteroatoms. The summed E-state index contributed by atoms with van der Waals surface area (Å²) in [4.78, 5) is 4.01. The topological polar surface area (TPSA) is 27.1 Å². The second-order valence-electron chi connectivity index (χ2n) is 6.41. The van der Waals surface area contributed by atoms with Gasteiger partial charge in [-0.15, -0.1) is 0 Å². The molecule has 0 bridgehead atoms. The van der Waals surface area contributed by atoms with Crippen molar-refractivity contribution in [2.24, 2.45) is 11.3 Å². The minimum absolute atomic E-state index is 0.206. The molecule has 1 aromatic heterocycles. The maximum absolute atomic E-state index is 6.00. The van der Waals surface area contributed by atoms with Crippen molar-refractivity contribution in [2.45, 2.75) is 49.6 Å². The quantitative estimate of drug-likeness (QED) is 0.295. The molecule has 0 N–H and O–H groups in total. The highest BCUT2D eigenvalue weighted by Crippen LogP contribution is 2.52. The van der Waals surface area contributed by atoms with Gasteiger partial charge in [0.2, 0.25) is 0 Å². The fourth-order valence-corrected chi connectivity index (χ4v) is 4.86. The highest BCUT2D eigenvalue weighted by molar-refractivity contribution is 14.1. The largest absolute Gasteiger partial charge is 0.467 e. The number of ether oxygens (including phenoxy) is 1. The molecule has 2 aliphatic rings. The van der Waals surface area contributed by atoms with Crippen LogP contribution in [0, 0.1) is 11.3 Å². The van der Waals surface area contributed by atoms with Gasteiger partial charge >= 0.3 is 0 Å². The molecule has 1 aromatic rings. The minimum Gasteiger partial charge on any atom is -0.467 e. The maximum Gasteiger partial charge on any atom is 0.269 e.